The van der Waals surface area contributed by atoms with Crippen molar-refractivity contribution in [3.63, 3.8) is 0 Å². The Hall–Kier alpha value is -2.14. The Labute approximate surface area is 160 Å². The average Bonchev–Trinajstić information content (AvgIpc) is 2.89. The van der Waals surface area contributed by atoms with E-state index in [1.165, 1.54) is 0 Å². The molecule has 0 heterocycles. The quantitative estimate of drug-likeness (QED) is 0.715. The van der Waals surface area contributed by atoms with Crippen LogP contribution in [0.4, 0.5) is 4.79 Å². The van der Waals surface area contributed by atoms with Crippen molar-refractivity contribution in [3.05, 3.63) is 40.6 Å². The van der Waals surface area contributed by atoms with Gasteiger partial charge in [0.25, 0.3) is 0 Å². The fourth-order valence-corrected chi connectivity index (χ4v) is 4.32. The van der Waals surface area contributed by atoms with Gasteiger partial charge in [-0.15, -0.1) is 0 Å². The molecule has 1 fully saturated rings. The first-order valence-corrected chi connectivity index (χ1v) is 9.63. The third-order valence-corrected chi connectivity index (χ3v) is 5.82. The molecule has 5 nitrogen and oxygen atoms in total. The molecule has 0 bridgehead atoms. The van der Waals surface area contributed by atoms with Crippen molar-refractivity contribution < 1.29 is 23.8 Å². The van der Waals surface area contributed by atoms with Crippen LogP contribution in [0.3, 0.4) is 0 Å². The summed E-state index contributed by atoms with van der Waals surface area (Å²) in [6, 6.07) is 6.01. The van der Waals surface area contributed by atoms with E-state index in [9.17, 15) is 9.59 Å². The van der Waals surface area contributed by atoms with Crippen molar-refractivity contribution in [2.75, 3.05) is 13.7 Å². The van der Waals surface area contributed by atoms with Crippen LogP contribution >= 0.6 is 0 Å². The van der Waals surface area contributed by atoms with Gasteiger partial charge in [0.15, 0.2) is 5.78 Å². The minimum absolute atomic E-state index is 0.0406. The molecule has 0 aromatic heterocycles. The lowest BCUT2D eigenvalue weighted by atomic mass is 9.71. The largest absolute Gasteiger partial charge is 0.513 e. The van der Waals surface area contributed by atoms with E-state index in [1.54, 1.807) is 14.0 Å². The lowest BCUT2D eigenvalue weighted by Crippen LogP contribution is -2.32. The number of Topliss-reactive ketones (excluding diaryl/α,β-unsaturated/α-hetero) is 1. The zero-order chi connectivity index (χ0) is 19.6. The van der Waals surface area contributed by atoms with Gasteiger partial charge in [-0.05, 0) is 57.6 Å². The molecule has 0 unspecified atom stereocenters. The second-order valence-corrected chi connectivity index (χ2v) is 7.62. The Kier molecular flexibility index (Phi) is 5.70. The van der Waals surface area contributed by atoms with Gasteiger partial charge in [-0.25, -0.2) is 4.79 Å². The first-order valence-electron chi connectivity index (χ1n) is 9.63. The topological polar surface area (TPSA) is 61.8 Å². The van der Waals surface area contributed by atoms with Gasteiger partial charge in [0.1, 0.15) is 5.76 Å². The van der Waals surface area contributed by atoms with Gasteiger partial charge in [0, 0.05) is 18.9 Å². The molecule has 2 aliphatic carbocycles. The summed E-state index contributed by atoms with van der Waals surface area (Å²) < 4.78 is 16.2. The first kappa shape index (κ1) is 19.6. The van der Waals surface area contributed by atoms with Crippen LogP contribution in [-0.2, 0) is 19.0 Å². The molecule has 5 heteroatoms. The second-order valence-electron chi connectivity index (χ2n) is 7.62. The van der Waals surface area contributed by atoms with Gasteiger partial charge >= 0.3 is 6.16 Å². The summed E-state index contributed by atoms with van der Waals surface area (Å²) in [7, 11) is 1.72. The van der Waals surface area contributed by atoms with E-state index in [4.69, 9.17) is 14.2 Å². The van der Waals surface area contributed by atoms with Crippen molar-refractivity contribution in [2.24, 2.45) is 5.41 Å². The molecule has 0 aliphatic heterocycles. The lowest BCUT2D eigenvalue weighted by Gasteiger charge is -2.37. The molecule has 1 saturated carbocycles. The van der Waals surface area contributed by atoms with Crippen LogP contribution < -0.4 is 0 Å². The summed E-state index contributed by atoms with van der Waals surface area (Å²) in [4.78, 5) is 25.3. The summed E-state index contributed by atoms with van der Waals surface area (Å²) in [5.41, 5.74) is 3.02. The van der Waals surface area contributed by atoms with Crippen LogP contribution in [-0.4, -0.2) is 31.8 Å². The number of carbonyl (C=O) groups is 2. The van der Waals surface area contributed by atoms with Gasteiger partial charge in [-0.1, -0.05) is 23.8 Å². The highest BCUT2D eigenvalue weighted by Crippen LogP contribution is 2.54. The molecule has 2 aliphatic rings. The second kappa shape index (κ2) is 7.85. The highest BCUT2D eigenvalue weighted by Gasteiger charge is 2.50. The molecule has 27 heavy (non-hydrogen) atoms. The van der Waals surface area contributed by atoms with Crippen LogP contribution in [0.1, 0.15) is 55.7 Å². The number of allylic oxidation sites excluding steroid dienone is 2. The van der Waals surface area contributed by atoms with Crippen molar-refractivity contribution in [1.82, 2.24) is 0 Å². The lowest BCUT2D eigenvalue weighted by molar-refractivity contribution is -0.115. The molecule has 146 valence electrons. The molecule has 0 saturated heterocycles. The summed E-state index contributed by atoms with van der Waals surface area (Å²) in [6.07, 6.45) is 3.05. The van der Waals surface area contributed by atoms with E-state index < -0.39 is 11.6 Å². The fraction of sp³-hybridized carbons (Fsp3) is 0.545. The van der Waals surface area contributed by atoms with Crippen LogP contribution in [0.5, 0.6) is 0 Å². The third-order valence-electron chi connectivity index (χ3n) is 5.82. The Morgan fingerprint density at radius 3 is 2.56 bits per heavy atom. The summed E-state index contributed by atoms with van der Waals surface area (Å²) >= 11 is 0. The number of benzene rings is 1. The van der Waals surface area contributed by atoms with Crippen molar-refractivity contribution >= 4 is 17.5 Å². The molecule has 0 N–H and O–H groups in total. The number of hydrogen-bond donors (Lipinski definition) is 0. The molecule has 0 atom stereocenters. The number of aryl methyl sites for hydroxylation is 2. The Balaban J connectivity index is 2.08. The zero-order valence-electron chi connectivity index (χ0n) is 16.6. The Morgan fingerprint density at radius 2 is 1.93 bits per heavy atom. The zero-order valence-corrected chi connectivity index (χ0v) is 16.6. The molecule has 1 spiro atoms. The fourth-order valence-electron chi connectivity index (χ4n) is 4.32. The van der Waals surface area contributed by atoms with E-state index >= 15 is 0 Å². The van der Waals surface area contributed by atoms with Crippen LogP contribution in [0.25, 0.3) is 5.57 Å². The maximum Gasteiger partial charge on any atom is 0.513 e. The normalized spacial score (nSPS) is 25.2. The van der Waals surface area contributed by atoms with Crippen LogP contribution in [0.15, 0.2) is 24.0 Å². The van der Waals surface area contributed by atoms with E-state index in [1.807, 2.05) is 32.0 Å². The van der Waals surface area contributed by atoms with E-state index in [-0.39, 0.29) is 18.5 Å². The first-order chi connectivity index (χ1) is 12.9. The Morgan fingerprint density at radius 1 is 1.22 bits per heavy atom. The van der Waals surface area contributed by atoms with Gasteiger partial charge in [-0.2, -0.15) is 0 Å². The predicted molar refractivity (Wildman–Crippen MR) is 102 cm³/mol. The molecular formula is C22H28O5. The summed E-state index contributed by atoms with van der Waals surface area (Å²) in [5.74, 6) is 0.535. The number of rotatable bonds is 4. The standard InChI is InChI=1S/C22H28O5/c1-5-26-21(24)27-20-19(17-12-14(2)6-7-15(17)3)18(23)13-22(20)10-8-16(25-4)9-11-22/h6-7,12,16H,5,8-11,13H2,1-4H3. The predicted octanol–water partition coefficient (Wildman–Crippen LogP) is 4.74. The minimum Gasteiger partial charge on any atom is -0.434 e. The molecule has 3 rings (SSSR count). The third kappa shape index (κ3) is 3.79. The summed E-state index contributed by atoms with van der Waals surface area (Å²) in [6.45, 7) is 5.94. The van der Waals surface area contributed by atoms with Crippen molar-refractivity contribution in [2.45, 2.75) is 59.0 Å². The van der Waals surface area contributed by atoms with Gasteiger partial charge in [-0.3, -0.25) is 4.79 Å². The number of ether oxygens (including phenoxy) is 3. The maximum absolute atomic E-state index is 13.1. The van der Waals surface area contributed by atoms with Crippen molar-refractivity contribution in [3.8, 4) is 0 Å². The smallest absolute Gasteiger partial charge is 0.434 e. The highest BCUT2D eigenvalue weighted by molar-refractivity contribution is 6.24. The highest BCUT2D eigenvalue weighted by atomic mass is 16.7. The van der Waals surface area contributed by atoms with E-state index in [2.05, 4.69) is 0 Å². The number of methoxy groups -OCH3 is 1. The molecule has 0 radical (unpaired) electrons. The average molecular weight is 372 g/mol. The van der Waals surface area contributed by atoms with E-state index in [0.29, 0.717) is 17.8 Å². The summed E-state index contributed by atoms with van der Waals surface area (Å²) in [5, 5.41) is 0. The monoisotopic (exact) mass is 372 g/mol. The maximum atomic E-state index is 13.1. The van der Waals surface area contributed by atoms with Gasteiger partial charge in [0.2, 0.25) is 0 Å². The SMILES string of the molecule is CCOC(=O)OC1=C(c2cc(C)ccc2C)C(=O)CC12CCC(OC)CC2. The van der Waals surface area contributed by atoms with Crippen LogP contribution in [0.2, 0.25) is 0 Å². The van der Waals surface area contributed by atoms with Crippen molar-refractivity contribution in [1.29, 1.82) is 0 Å². The van der Waals surface area contributed by atoms with Gasteiger partial charge < -0.3 is 14.2 Å². The van der Waals surface area contributed by atoms with Gasteiger partial charge in [0.05, 0.1) is 18.3 Å². The Bertz CT molecular complexity index is 769. The minimum atomic E-state index is -0.738. The number of hydrogen-bond acceptors (Lipinski definition) is 5. The van der Waals surface area contributed by atoms with E-state index in [0.717, 1.165) is 42.4 Å². The number of ketones is 1. The molecule has 1 aromatic rings. The number of carbonyl (C=O) groups excluding carboxylic acids is 2. The van der Waals surface area contributed by atoms with Crippen LogP contribution in [0, 0.1) is 19.3 Å². The molecule has 0 amide bonds. The molecule has 1 aromatic carbocycles. The molecular weight excluding hydrogens is 344 g/mol.